The van der Waals surface area contributed by atoms with Gasteiger partial charge in [0.2, 0.25) is 0 Å². The van der Waals surface area contributed by atoms with E-state index in [0.717, 1.165) is 18.4 Å². The van der Waals surface area contributed by atoms with Crippen LogP contribution >= 0.6 is 0 Å². The molecule has 5 nitrogen and oxygen atoms in total. The first kappa shape index (κ1) is 10.8. The van der Waals surface area contributed by atoms with Crippen LogP contribution in [0.25, 0.3) is 0 Å². The van der Waals surface area contributed by atoms with E-state index < -0.39 is 0 Å². The molecule has 1 heterocycles. The number of rotatable bonds is 2. The van der Waals surface area contributed by atoms with Crippen molar-refractivity contribution < 1.29 is 4.79 Å². The Morgan fingerprint density at radius 3 is 2.89 bits per heavy atom. The lowest BCUT2D eigenvalue weighted by molar-refractivity contribution is 0.203. The molecule has 2 aliphatic rings. The number of amidine groups is 1. The Morgan fingerprint density at radius 1 is 1.44 bits per heavy atom. The van der Waals surface area contributed by atoms with Crippen molar-refractivity contribution in [2.75, 3.05) is 0 Å². The van der Waals surface area contributed by atoms with Gasteiger partial charge in [0, 0.05) is 6.04 Å². The summed E-state index contributed by atoms with van der Waals surface area (Å²) in [4.78, 5) is 17.4. The highest BCUT2D eigenvalue weighted by Crippen LogP contribution is 2.38. The molecule has 0 radical (unpaired) electrons. The highest BCUT2D eigenvalue weighted by Gasteiger charge is 2.43. The zero-order valence-electron chi connectivity index (χ0n) is 9.71. The molecule has 2 N–H and O–H groups in total. The summed E-state index contributed by atoms with van der Waals surface area (Å²) < 4.78 is 0. The zero-order chi connectivity index (χ0) is 12.7. The Labute approximate surface area is 105 Å². The number of amides is 2. The lowest BCUT2D eigenvalue weighted by Gasteiger charge is -2.24. The maximum absolute atomic E-state index is 11.8. The van der Waals surface area contributed by atoms with E-state index in [1.807, 2.05) is 6.07 Å². The van der Waals surface area contributed by atoms with E-state index in [1.165, 1.54) is 0 Å². The van der Waals surface area contributed by atoms with Crippen molar-refractivity contribution in [3.8, 4) is 6.07 Å². The van der Waals surface area contributed by atoms with Crippen molar-refractivity contribution in [1.29, 1.82) is 5.26 Å². The summed E-state index contributed by atoms with van der Waals surface area (Å²) in [6.07, 6.45) is 2.01. The summed E-state index contributed by atoms with van der Waals surface area (Å²) in [6, 6.07) is 8.95. The Hall–Kier alpha value is -2.35. The van der Waals surface area contributed by atoms with Crippen molar-refractivity contribution in [1.82, 2.24) is 4.90 Å². The summed E-state index contributed by atoms with van der Waals surface area (Å²) in [7, 11) is 0. The highest BCUT2D eigenvalue weighted by molar-refractivity contribution is 6.03. The molecule has 1 fully saturated rings. The van der Waals surface area contributed by atoms with Crippen LogP contribution in [0.2, 0.25) is 0 Å². The van der Waals surface area contributed by atoms with Crippen molar-refractivity contribution in [2.24, 2.45) is 10.7 Å². The second kappa shape index (κ2) is 3.84. The number of benzene rings is 1. The fraction of sp³-hybridized carbons (Fsp3) is 0.308. The van der Waals surface area contributed by atoms with Crippen molar-refractivity contribution in [3.05, 3.63) is 35.4 Å². The molecule has 3 rings (SSSR count). The molecule has 1 aromatic carbocycles. The Kier molecular flexibility index (Phi) is 2.30. The van der Waals surface area contributed by atoms with E-state index in [1.54, 1.807) is 23.1 Å². The second-order valence-corrected chi connectivity index (χ2v) is 4.60. The van der Waals surface area contributed by atoms with Crippen molar-refractivity contribution in [2.45, 2.75) is 24.9 Å². The summed E-state index contributed by atoms with van der Waals surface area (Å²) in [5.41, 5.74) is 7.27. The number of urea groups is 1. The van der Waals surface area contributed by atoms with E-state index in [4.69, 9.17) is 11.0 Å². The summed E-state index contributed by atoms with van der Waals surface area (Å²) in [5, 5.41) is 8.92. The van der Waals surface area contributed by atoms with Gasteiger partial charge in [-0.25, -0.2) is 4.79 Å². The molecule has 2 amide bonds. The fourth-order valence-electron chi connectivity index (χ4n) is 2.31. The molecular weight excluding hydrogens is 228 g/mol. The van der Waals surface area contributed by atoms with Gasteiger partial charge in [-0.2, -0.15) is 10.3 Å². The minimum Gasteiger partial charge on any atom is -0.385 e. The van der Waals surface area contributed by atoms with Gasteiger partial charge >= 0.3 is 6.03 Å². The molecule has 0 bridgehead atoms. The molecule has 90 valence electrons. The van der Waals surface area contributed by atoms with E-state index in [9.17, 15) is 4.79 Å². The smallest absolute Gasteiger partial charge is 0.346 e. The normalized spacial score (nSPS) is 22.8. The maximum Gasteiger partial charge on any atom is 0.346 e. The van der Waals surface area contributed by atoms with E-state index in [0.29, 0.717) is 11.4 Å². The number of nitriles is 1. The van der Waals surface area contributed by atoms with E-state index in [2.05, 4.69) is 11.1 Å². The van der Waals surface area contributed by atoms with Crippen LogP contribution in [0.1, 0.15) is 30.0 Å². The van der Waals surface area contributed by atoms with Crippen molar-refractivity contribution in [3.63, 3.8) is 0 Å². The van der Waals surface area contributed by atoms with Crippen LogP contribution in [0, 0.1) is 11.3 Å². The molecule has 0 aromatic heterocycles. The largest absolute Gasteiger partial charge is 0.385 e. The molecule has 18 heavy (non-hydrogen) atoms. The summed E-state index contributed by atoms with van der Waals surface area (Å²) in [6.45, 7) is 0. The number of carbonyl (C=O) groups is 1. The average molecular weight is 240 g/mol. The van der Waals surface area contributed by atoms with Crippen LogP contribution in [0.15, 0.2) is 29.3 Å². The number of hydrogen-bond donors (Lipinski definition) is 1. The lowest BCUT2D eigenvalue weighted by atomic mass is 10.0. The third-order valence-corrected chi connectivity index (χ3v) is 3.28. The quantitative estimate of drug-likeness (QED) is 0.851. The fourth-order valence-corrected chi connectivity index (χ4v) is 2.31. The van der Waals surface area contributed by atoms with Crippen LogP contribution in [-0.4, -0.2) is 22.8 Å². The van der Waals surface area contributed by atoms with Crippen LogP contribution in [0.3, 0.4) is 0 Å². The Balaban J connectivity index is 2.00. The molecule has 0 spiro atoms. The van der Waals surface area contributed by atoms with Gasteiger partial charge in [-0.05, 0) is 30.5 Å². The number of aliphatic imine (C=N–C) groups is 1. The molecule has 5 heteroatoms. The van der Waals surface area contributed by atoms with Gasteiger partial charge in [0.05, 0.1) is 11.6 Å². The van der Waals surface area contributed by atoms with Crippen LogP contribution in [-0.2, 0) is 0 Å². The molecule has 1 atom stereocenters. The summed E-state index contributed by atoms with van der Waals surface area (Å²) in [5.74, 6) is 0.321. The molecule has 0 saturated heterocycles. The average Bonchev–Trinajstić information content (AvgIpc) is 3.15. The molecule has 1 unspecified atom stereocenters. The van der Waals surface area contributed by atoms with Crippen LogP contribution in [0.5, 0.6) is 0 Å². The Bertz CT molecular complexity index is 583. The highest BCUT2D eigenvalue weighted by atomic mass is 16.2. The number of nitrogens with two attached hydrogens (primary N) is 1. The van der Waals surface area contributed by atoms with Crippen LogP contribution in [0.4, 0.5) is 4.79 Å². The van der Waals surface area contributed by atoms with Gasteiger partial charge in [-0.1, -0.05) is 12.1 Å². The topological polar surface area (TPSA) is 82.5 Å². The first-order valence-electron chi connectivity index (χ1n) is 5.87. The predicted octanol–water partition coefficient (Wildman–Crippen LogP) is 1.55. The van der Waals surface area contributed by atoms with Gasteiger partial charge in [-0.3, -0.25) is 0 Å². The first-order chi connectivity index (χ1) is 8.70. The number of nitrogens with zero attached hydrogens (tertiary/aromatic N) is 3. The molecule has 1 saturated carbocycles. The van der Waals surface area contributed by atoms with Gasteiger partial charge in [0.25, 0.3) is 0 Å². The molecular formula is C13H12N4O. The van der Waals surface area contributed by atoms with Crippen LogP contribution < -0.4 is 5.73 Å². The van der Waals surface area contributed by atoms with E-state index >= 15 is 0 Å². The Morgan fingerprint density at radius 2 is 2.22 bits per heavy atom. The SMILES string of the molecule is N#Cc1cccc(C2C(N)=NC(=O)N2C2CC2)c1. The molecule has 1 aromatic rings. The van der Waals surface area contributed by atoms with E-state index in [-0.39, 0.29) is 18.1 Å². The zero-order valence-corrected chi connectivity index (χ0v) is 9.71. The third kappa shape index (κ3) is 1.63. The lowest BCUT2D eigenvalue weighted by Crippen LogP contribution is -2.35. The van der Waals surface area contributed by atoms with Gasteiger partial charge in [0.1, 0.15) is 11.9 Å². The number of carbonyl (C=O) groups excluding carboxylic acids is 1. The van der Waals surface area contributed by atoms with Gasteiger partial charge in [-0.15, -0.1) is 0 Å². The molecule has 1 aliphatic heterocycles. The molecule has 1 aliphatic carbocycles. The standard InChI is InChI=1S/C13H12N4O/c14-7-8-2-1-3-9(6-8)11-12(15)16-13(18)17(11)10-4-5-10/h1-3,6,10-11H,4-5H2,(H2,15,16,18). The number of hydrogen-bond acceptors (Lipinski definition) is 3. The monoisotopic (exact) mass is 240 g/mol. The first-order valence-corrected chi connectivity index (χ1v) is 5.87. The van der Waals surface area contributed by atoms with Crippen molar-refractivity contribution >= 4 is 11.9 Å². The second-order valence-electron chi connectivity index (χ2n) is 4.60. The summed E-state index contributed by atoms with van der Waals surface area (Å²) >= 11 is 0. The van der Waals surface area contributed by atoms with Gasteiger partial charge in [0.15, 0.2) is 0 Å². The minimum atomic E-state index is -0.307. The maximum atomic E-state index is 11.8. The minimum absolute atomic E-state index is 0.248. The predicted molar refractivity (Wildman–Crippen MR) is 65.8 cm³/mol. The van der Waals surface area contributed by atoms with Gasteiger partial charge < -0.3 is 10.6 Å². The third-order valence-electron chi connectivity index (χ3n) is 3.28.